The summed E-state index contributed by atoms with van der Waals surface area (Å²) >= 11 is 1.21. The maximum absolute atomic E-state index is 13.3. The van der Waals surface area contributed by atoms with Gasteiger partial charge in [0.1, 0.15) is 11.9 Å². The standard InChI is InChI=1S/C12H16FNO2S/c1-8(2)14-10(12(15)16)7-17-11-6-4-3-5-9(11)13/h3-6,8,10,14H,7H2,1-2H3,(H,15,16). The van der Waals surface area contributed by atoms with Gasteiger partial charge in [0.2, 0.25) is 0 Å². The van der Waals surface area contributed by atoms with Gasteiger partial charge in [-0.05, 0) is 12.1 Å². The van der Waals surface area contributed by atoms with E-state index in [2.05, 4.69) is 5.32 Å². The minimum atomic E-state index is -0.914. The van der Waals surface area contributed by atoms with E-state index in [1.54, 1.807) is 18.2 Å². The van der Waals surface area contributed by atoms with Crippen molar-refractivity contribution in [3.05, 3.63) is 30.1 Å². The fourth-order valence-electron chi connectivity index (χ4n) is 1.33. The monoisotopic (exact) mass is 257 g/mol. The van der Waals surface area contributed by atoms with Gasteiger partial charge in [0.05, 0.1) is 0 Å². The molecule has 1 atom stereocenters. The Balaban J connectivity index is 2.58. The largest absolute Gasteiger partial charge is 0.480 e. The lowest BCUT2D eigenvalue weighted by Crippen LogP contribution is -2.42. The van der Waals surface area contributed by atoms with Gasteiger partial charge >= 0.3 is 5.97 Å². The number of aliphatic carboxylic acids is 1. The van der Waals surface area contributed by atoms with E-state index in [-0.39, 0.29) is 11.9 Å². The number of carboxylic acids is 1. The summed E-state index contributed by atoms with van der Waals surface area (Å²) in [7, 11) is 0. The Morgan fingerprint density at radius 1 is 1.47 bits per heavy atom. The highest BCUT2D eigenvalue weighted by atomic mass is 32.2. The maximum Gasteiger partial charge on any atom is 0.321 e. The number of hydrogen-bond acceptors (Lipinski definition) is 3. The highest BCUT2D eigenvalue weighted by Crippen LogP contribution is 2.21. The van der Waals surface area contributed by atoms with Crippen molar-refractivity contribution in [1.29, 1.82) is 0 Å². The second-order valence-electron chi connectivity index (χ2n) is 3.95. The number of rotatable bonds is 6. The van der Waals surface area contributed by atoms with Gasteiger partial charge < -0.3 is 10.4 Å². The van der Waals surface area contributed by atoms with Crippen LogP contribution in [0, 0.1) is 5.82 Å². The van der Waals surface area contributed by atoms with E-state index in [1.807, 2.05) is 13.8 Å². The third-order valence-corrected chi connectivity index (χ3v) is 3.22. The summed E-state index contributed by atoms with van der Waals surface area (Å²) in [5, 5.41) is 11.9. The molecule has 1 aromatic rings. The molecule has 0 heterocycles. The van der Waals surface area contributed by atoms with Crippen molar-refractivity contribution in [2.24, 2.45) is 0 Å². The van der Waals surface area contributed by atoms with Crippen LogP contribution in [0.15, 0.2) is 29.2 Å². The molecule has 0 spiro atoms. The zero-order chi connectivity index (χ0) is 12.8. The van der Waals surface area contributed by atoms with E-state index in [1.165, 1.54) is 17.8 Å². The van der Waals surface area contributed by atoms with Crippen LogP contribution in [0.4, 0.5) is 4.39 Å². The van der Waals surface area contributed by atoms with Crippen molar-refractivity contribution in [3.63, 3.8) is 0 Å². The minimum absolute atomic E-state index is 0.0809. The molecule has 1 aromatic carbocycles. The van der Waals surface area contributed by atoms with E-state index < -0.39 is 12.0 Å². The second kappa shape index (κ2) is 6.61. The molecule has 0 aliphatic carbocycles. The van der Waals surface area contributed by atoms with Gasteiger partial charge in [-0.3, -0.25) is 4.79 Å². The number of thioether (sulfide) groups is 1. The molecule has 94 valence electrons. The Hall–Kier alpha value is -1.07. The van der Waals surface area contributed by atoms with Gasteiger partial charge in [-0.1, -0.05) is 26.0 Å². The van der Waals surface area contributed by atoms with Crippen molar-refractivity contribution >= 4 is 17.7 Å². The third kappa shape index (κ3) is 4.75. The zero-order valence-electron chi connectivity index (χ0n) is 9.81. The van der Waals surface area contributed by atoms with E-state index in [9.17, 15) is 9.18 Å². The summed E-state index contributed by atoms with van der Waals surface area (Å²) < 4.78 is 13.3. The molecule has 0 radical (unpaired) electrons. The third-order valence-electron chi connectivity index (χ3n) is 2.07. The highest BCUT2D eigenvalue weighted by Gasteiger charge is 2.18. The highest BCUT2D eigenvalue weighted by molar-refractivity contribution is 7.99. The Morgan fingerprint density at radius 2 is 2.12 bits per heavy atom. The molecular formula is C12H16FNO2S. The molecule has 2 N–H and O–H groups in total. The fraction of sp³-hybridized carbons (Fsp3) is 0.417. The molecule has 0 aliphatic rings. The van der Waals surface area contributed by atoms with E-state index in [4.69, 9.17) is 5.11 Å². The van der Waals surface area contributed by atoms with Crippen molar-refractivity contribution < 1.29 is 14.3 Å². The fourth-order valence-corrected chi connectivity index (χ4v) is 2.29. The first-order chi connectivity index (χ1) is 8.00. The number of carbonyl (C=O) groups is 1. The van der Waals surface area contributed by atoms with Gasteiger partial charge in [0, 0.05) is 16.7 Å². The molecule has 0 bridgehead atoms. The molecule has 1 rings (SSSR count). The first-order valence-electron chi connectivity index (χ1n) is 5.37. The SMILES string of the molecule is CC(C)NC(CSc1ccccc1F)C(=O)O. The van der Waals surface area contributed by atoms with Crippen LogP contribution >= 0.6 is 11.8 Å². The summed E-state index contributed by atoms with van der Waals surface area (Å²) in [6.45, 7) is 3.76. The average molecular weight is 257 g/mol. The first-order valence-corrected chi connectivity index (χ1v) is 6.35. The summed E-state index contributed by atoms with van der Waals surface area (Å²) in [5.41, 5.74) is 0. The molecule has 5 heteroatoms. The van der Waals surface area contributed by atoms with Gasteiger partial charge in [0.25, 0.3) is 0 Å². The number of hydrogen-bond donors (Lipinski definition) is 2. The predicted molar refractivity (Wildman–Crippen MR) is 66.8 cm³/mol. The van der Waals surface area contributed by atoms with Gasteiger partial charge in [-0.15, -0.1) is 11.8 Å². The first kappa shape index (κ1) is 14.0. The Bertz CT molecular complexity index is 385. The Morgan fingerprint density at radius 3 is 2.65 bits per heavy atom. The van der Waals surface area contributed by atoms with Crippen LogP contribution in [-0.4, -0.2) is 28.9 Å². The van der Waals surface area contributed by atoms with Crippen molar-refractivity contribution in [1.82, 2.24) is 5.32 Å². The second-order valence-corrected chi connectivity index (χ2v) is 5.02. The van der Waals surface area contributed by atoms with Crippen LogP contribution < -0.4 is 5.32 Å². The van der Waals surface area contributed by atoms with E-state index in [0.29, 0.717) is 10.6 Å². The molecule has 0 aliphatic heterocycles. The normalized spacial score (nSPS) is 12.7. The van der Waals surface area contributed by atoms with Crippen LogP contribution in [0.5, 0.6) is 0 Å². The van der Waals surface area contributed by atoms with E-state index >= 15 is 0 Å². The molecule has 0 fully saturated rings. The van der Waals surface area contributed by atoms with Crippen molar-refractivity contribution in [3.8, 4) is 0 Å². The summed E-state index contributed by atoms with van der Waals surface area (Å²) in [4.78, 5) is 11.4. The molecule has 0 saturated heterocycles. The Kier molecular flexibility index (Phi) is 5.44. The number of nitrogens with one attached hydrogen (secondary N) is 1. The topological polar surface area (TPSA) is 49.3 Å². The summed E-state index contributed by atoms with van der Waals surface area (Å²) in [6.07, 6.45) is 0. The van der Waals surface area contributed by atoms with Gasteiger partial charge in [0.15, 0.2) is 0 Å². The van der Waals surface area contributed by atoms with Crippen LogP contribution in [0.25, 0.3) is 0 Å². The molecule has 1 unspecified atom stereocenters. The van der Waals surface area contributed by atoms with Crippen molar-refractivity contribution in [2.75, 3.05) is 5.75 Å². The van der Waals surface area contributed by atoms with Crippen LogP contribution in [0.1, 0.15) is 13.8 Å². The quantitative estimate of drug-likeness (QED) is 0.768. The lowest BCUT2D eigenvalue weighted by atomic mass is 10.3. The number of halogens is 1. The molecular weight excluding hydrogens is 241 g/mol. The van der Waals surface area contributed by atoms with Gasteiger partial charge in [-0.2, -0.15) is 0 Å². The summed E-state index contributed by atoms with van der Waals surface area (Å²) in [6, 6.07) is 5.77. The molecule has 0 amide bonds. The zero-order valence-corrected chi connectivity index (χ0v) is 10.6. The van der Waals surface area contributed by atoms with Crippen LogP contribution in [-0.2, 0) is 4.79 Å². The number of benzene rings is 1. The predicted octanol–water partition coefficient (Wildman–Crippen LogP) is 2.37. The van der Waals surface area contributed by atoms with Gasteiger partial charge in [-0.25, -0.2) is 4.39 Å². The van der Waals surface area contributed by atoms with Crippen LogP contribution in [0.2, 0.25) is 0 Å². The average Bonchev–Trinajstić information content (AvgIpc) is 2.25. The molecule has 3 nitrogen and oxygen atoms in total. The van der Waals surface area contributed by atoms with Crippen molar-refractivity contribution in [2.45, 2.75) is 30.8 Å². The maximum atomic E-state index is 13.3. The molecule has 0 aromatic heterocycles. The lowest BCUT2D eigenvalue weighted by Gasteiger charge is -2.16. The Labute approximate surface area is 104 Å². The molecule has 17 heavy (non-hydrogen) atoms. The van der Waals surface area contributed by atoms with Crippen LogP contribution in [0.3, 0.4) is 0 Å². The lowest BCUT2D eigenvalue weighted by molar-refractivity contribution is -0.139. The minimum Gasteiger partial charge on any atom is -0.480 e. The smallest absolute Gasteiger partial charge is 0.321 e. The summed E-state index contributed by atoms with van der Waals surface area (Å²) in [5.74, 6) is -0.928. The molecule has 0 saturated carbocycles. The van der Waals surface area contributed by atoms with E-state index in [0.717, 1.165) is 0 Å². The number of carboxylic acid groups (broad SMARTS) is 1.